The van der Waals surface area contributed by atoms with Gasteiger partial charge in [0, 0.05) is 19.1 Å². The lowest BCUT2D eigenvalue weighted by molar-refractivity contribution is 0.0995. The number of aromatic nitrogens is 1. The van der Waals surface area contributed by atoms with Gasteiger partial charge in [-0.2, -0.15) is 0 Å². The number of furan rings is 1. The predicted molar refractivity (Wildman–Crippen MR) is 100 cm³/mol. The Kier molecular flexibility index (Phi) is 4.67. The number of nitrogens with one attached hydrogen (secondary N) is 1. The Morgan fingerprint density at radius 1 is 1.19 bits per heavy atom. The van der Waals surface area contributed by atoms with Crippen LogP contribution in [0, 0.1) is 0 Å². The van der Waals surface area contributed by atoms with Crippen molar-refractivity contribution < 1.29 is 14.0 Å². The highest BCUT2D eigenvalue weighted by Crippen LogP contribution is 2.28. The maximum Gasteiger partial charge on any atom is 0.326 e. The molecular weight excluding hydrogens is 400 g/mol. The highest BCUT2D eigenvalue weighted by molar-refractivity contribution is 9.10. The van der Waals surface area contributed by atoms with E-state index in [1.807, 2.05) is 4.90 Å². The molecule has 0 atom stereocenters. The van der Waals surface area contributed by atoms with E-state index in [0.717, 1.165) is 19.4 Å². The zero-order valence-corrected chi connectivity index (χ0v) is 15.7. The highest BCUT2D eigenvalue weighted by atomic mass is 79.9. The molecule has 2 aliphatic rings. The summed E-state index contributed by atoms with van der Waals surface area (Å²) in [7, 11) is 0. The molecule has 1 saturated heterocycles. The lowest BCUT2D eigenvalue weighted by Gasteiger charge is -2.23. The number of pyridine rings is 1. The fourth-order valence-electron chi connectivity index (χ4n) is 3.57. The van der Waals surface area contributed by atoms with Crippen molar-refractivity contribution in [2.24, 2.45) is 0 Å². The lowest BCUT2D eigenvalue weighted by Crippen LogP contribution is -2.38. The summed E-state index contributed by atoms with van der Waals surface area (Å²) in [4.78, 5) is 32.8. The molecule has 0 bridgehead atoms. The topological polar surface area (TPSA) is 78.7 Å². The summed E-state index contributed by atoms with van der Waals surface area (Å²) in [6.07, 6.45) is 6.15. The molecule has 0 spiro atoms. The second-order valence-electron chi connectivity index (χ2n) is 6.53. The van der Waals surface area contributed by atoms with E-state index in [2.05, 4.69) is 26.2 Å². The smallest absolute Gasteiger partial charge is 0.326 e. The number of hydrogen-bond acceptors (Lipinski definition) is 4. The quantitative estimate of drug-likeness (QED) is 0.816. The summed E-state index contributed by atoms with van der Waals surface area (Å²) in [5, 5.41) is 2.72. The Balaban J connectivity index is 1.41. The van der Waals surface area contributed by atoms with Gasteiger partial charge in [-0.15, -0.1) is 0 Å². The van der Waals surface area contributed by atoms with Crippen LogP contribution in [-0.4, -0.2) is 41.0 Å². The molecule has 7 nitrogen and oxygen atoms in total. The van der Waals surface area contributed by atoms with Crippen LogP contribution < -0.4 is 10.2 Å². The molecule has 8 heteroatoms. The van der Waals surface area contributed by atoms with E-state index < -0.39 is 0 Å². The third-order valence-corrected chi connectivity index (χ3v) is 5.31. The molecule has 2 aromatic rings. The number of halogens is 1. The van der Waals surface area contributed by atoms with Crippen molar-refractivity contribution in [2.45, 2.75) is 31.7 Å². The predicted octanol–water partition coefficient (Wildman–Crippen LogP) is 3.87. The van der Waals surface area contributed by atoms with Gasteiger partial charge in [0.05, 0.1) is 11.9 Å². The molecule has 2 fully saturated rings. The number of amides is 3. The van der Waals surface area contributed by atoms with Gasteiger partial charge in [-0.1, -0.05) is 12.8 Å². The molecule has 0 radical (unpaired) electrons. The molecule has 0 aromatic carbocycles. The molecule has 1 saturated carbocycles. The van der Waals surface area contributed by atoms with Gasteiger partial charge in [0.1, 0.15) is 5.82 Å². The molecule has 136 valence electrons. The van der Waals surface area contributed by atoms with Crippen molar-refractivity contribution in [3.05, 3.63) is 40.9 Å². The maximum absolute atomic E-state index is 12.7. The van der Waals surface area contributed by atoms with Crippen molar-refractivity contribution in [2.75, 3.05) is 23.3 Å². The second kappa shape index (κ2) is 7.11. The number of carbonyl (C=O) groups excluding carboxylic acids is 2. The van der Waals surface area contributed by atoms with Crippen molar-refractivity contribution in [1.29, 1.82) is 0 Å². The maximum atomic E-state index is 12.7. The van der Waals surface area contributed by atoms with Crippen LogP contribution in [0.1, 0.15) is 36.2 Å². The molecule has 2 aromatic heterocycles. The first-order valence-corrected chi connectivity index (χ1v) is 9.52. The normalized spacial score (nSPS) is 18.0. The Labute approximate surface area is 159 Å². The summed E-state index contributed by atoms with van der Waals surface area (Å²) in [6, 6.07) is 7.14. The summed E-state index contributed by atoms with van der Waals surface area (Å²) in [6.45, 7) is 1.39. The average Bonchev–Trinajstić information content (AvgIpc) is 3.37. The minimum atomic E-state index is -0.352. The minimum absolute atomic E-state index is 0.0293. The van der Waals surface area contributed by atoms with E-state index in [4.69, 9.17) is 4.42 Å². The summed E-state index contributed by atoms with van der Waals surface area (Å²) >= 11 is 3.17. The van der Waals surface area contributed by atoms with Crippen LogP contribution in [-0.2, 0) is 0 Å². The van der Waals surface area contributed by atoms with E-state index in [1.54, 1.807) is 35.4 Å². The van der Waals surface area contributed by atoms with E-state index >= 15 is 0 Å². The first kappa shape index (κ1) is 17.1. The number of rotatable bonds is 4. The van der Waals surface area contributed by atoms with E-state index in [0.29, 0.717) is 28.8 Å². The highest BCUT2D eigenvalue weighted by Gasteiger charge is 2.36. The summed E-state index contributed by atoms with van der Waals surface area (Å²) in [5.74, 6) is 0.465. The molecule has 1 aliphatic carbocycles. The first-order valence-electron chi connectivity index (χ1n) is 8.73. The van der Waals surface area contributed by atoms with Gasteiger partial charge >= 0.3 is 6.03 Å². The summed E-state index contributed by atoms with van der Waals surface area (Å²) in [5.41, 5.74) is 0.547. The van der Waals surface area contributed by atoms with Crippen LogP contribution in [0.2, 0.25) is 0 Å². The van der Waals surface area contributed by atoms with Gasteiger partial charge in [0.25, 0.3) is 5.91 Å². The van der Waals surface area contributed by atoms with E-state index in [1.165, 1.54) is 12.8 Å². The monoisotopic (exact) mass is 418 g/mol. The van der Waals surface area contributed by atoms with Crippen molar-refractivity contribution in [1.82, 2.24) is 9.88 Å². The third-order valence-electron chi connectivity index (χ3n) is 4.89. The number of nitrogens with zero attached hydrogens (tertiary/aromatic N) is 3. The third kappa shape index (κ3) is 3.33. The standard InChI is InChI=1S/C18H19BrN4O3/c19-15-7-6-14(26-15)17(24)21-12-5-8-16(20-11-12)23-10-9-22(18(23)25)13-3-1-2-4-13/h5-8,11,13H,1-4,9-10H2,(H,21,24). The Bertz CT molecular complexity index is 814. The van der Waals surface area contributed by atoms with Crippen LogP contribution in [0.15, 0.2) is 39.5 Å². The van der Waals surface area contributed by atoms with E-state index in [9.17, 15) is 9.59 Å². The van der Waals surface area contributed by atoms with Gasteiger partial charge in [-0.3, -0.25) is 9.69 Å². The SMILES string of the molecule is O=C(Nc1ccc(N2CCN(C3CCCC3)C2=O)nc1)c1ccc(Br)o1. The molecule has 3 amide bonds. The molecule has 0 unspecified atom stereocenters. The van der Waals surface area contributed by atoms with Crippen LogP contribution in [0.3, 0.4) is 0 Å². The largest absolute Gasteiger partial charge is 0.444 e. The molecule has 26 heavy (non-hydrogen) atoms. The van der Waals surface area contributed by atoms with E-state index in [-0.39, 0.29) is 17.7 Å². The fraction of sp³-hybridized carbons (Fsp3) is 0.389. The van der Waals surface area contributed by atoms with Crippen LogP contribution in [0.5, 0.6) is 0 Å². The van der Waals surface area contributed by atoms with Gasteiger partial charge < -0.3 is 14.6 Å². The molecule has 1 aliphatic heterocycles. The van der Waals surface area contributed by atoms with Crippen LogP contribution in [0.25, 0.3) is 0 Å². The van der Waals surface area contributed by atoms with Gasteiger partial charge in [-0.05, 0) is 53.0 Å². The van der Waals surface area contributed by atoms with Crippen molar-refractivity contribution >= 4 is 39.4 Å². The number of carbonyl (C=O) groups is 2. The summed E-state index contributed by atoms with van der Waals surface area (Å²) < 4.78 is 5.72. The van der Waals surface area contributed by atoms with Crippen molar-refractivity contribution in [3.63, 3.8) is 0 Å². The average molecular weight is 419 g/mol. The van der Waals surface area contributed by atoms with Crippen molar-refractivity contribution in [3.8, 4) is 0 Å². The molecule has 4 rings (SSSR count). The number of anilines is 2. The van der Waals surface area contributed by atoms with Crippen LogP contribution in [0.4, 0.5) is 16.3 Å². The molecule has 1 N–H and O–H groups in total. The van der Waals surface area contributed by atoms with Gasteiger partial charge in [0.2, 0.25) is 0 Å². The van der Waals surface area contributed by atoms with Crippen LogP contribution >= 0.6 is 15.9 Å². The zero-order chi connectivity index (χ0) is 18.1. The fourth-order valence-corrected chi connectivity index (χ4v) is 3.88. The van der Waals surface area contributed by atoms with Gasteiger partial charge in [-0.25, -0.2) is 9.78 Å². The number of hydrogen-bond donors (Lipinski definition) is 1. The zero-order valence-electron chi connectivity index (χ0n) is 14.2. The molecular formula is C18H19BrN4O3. The molecule has 3 heterocycles. The Hall–Kier alpha value is -2.35. The van der Waals surface area contributed by atoms with Gasteiger partial charge in [0.15, 0.2) is 10.4 Å². The number of urea groups is 1. The minimum Gasteiger partial charge on any atom is -0.444 e. The Morgan fingerprint density at radius 3 is 2.65 bits per heavy atom. The Morgan fingerprint density at radius 2 is 2.00 bits per heavy atom. The second-order valence-corrected chi connectivity index (χ2v) is 7.31. The lowest BCUT2D eigenvalue weighted by atomic mass is 10.2. The first-order chi connectivity index (χ1) is 12.6.